The molecule has 0 bridgehead atoms. The summed E-state index contributed by atoms with van der Waals surface area (Å²) >= 11 is 0. The number of piperidine rings is 1. The highest BCUT2D eigenvalue weighted by Crippen LogP contribution is 2.14. The predicted molar refractivity (Wildman–Crippen MR) is 74.7 cm³/mol. The van der Waals surface area contributed by atoms with Gasteiger partial charge in [0.1, 0.15) is 0 Å². The molecule has 1 aliphatic heterocycles. The molecule has 17 heavy (non-hydrogen) atoms. The Kier molecular flexibility index (Phi) is 9.56. The lowest BCUT2D eigenvalue weighted by atomic mass is 10.0. The molecule has 0 radical (unpaired) electrons. The molecule has 1 amide bonds. The molecule has 1 fully saturated rings. The average Bonchev–Trinajstić information content (AvgIpc) is 2.34. The topological polar surface area (TPSA) is 32.3 Å². The van der Waals surface area contributed by atoms with E-state index >= 15 is 0 Å². The van der Waals surface area contributed by atoms with Gasteiger partial charge in [0.15, 0.2) is 0 Å². The van der Waals surface area contributed by atoms with Crippen LogP contribution in [0.1, 0.15) is 52.4 Å². The fourth-order valence-corrected chi connectivity index (χ4v) is 2.34. The number of rotatable bonds is 6. The van der Waals surface area contributed by atoms with Crippen molar-refractivity contribution in [2.75, 3.05) is 19.6 Å². The molecule has 1 saturated heterocycles. The van der Waals surface area contributed by atoms with Crippen LogP contribution >= 0.6 is 12.4 Å². The number of nitrogens with zero attached hydrogens (tertiary/aromatic N) is 1. The summed E-state index contributed by atoms with van der Waals surface area (Å²) in [5.74, 6) is 0.371. The van der Waals surface area contributed by atoms with E-state index in [2.05, 4.69) is 24.1 Å². The Hall–Kier alpha value is -0.280. The molecule has 1 N–H and O–H groups in total. The van der Waals surface area contributed by atoms with Gasteiger partial charge in [0.2, 0.25) is 5.91 Å². The molecule has 0 atom stereocenters. The summed E-state index contributed by atoms with van der Waals surface area (Å²) in [4.78, 5) is 14.2. The maximum atomic E-state index is 12.1. The number of carbonyl (C=O) groups is 1. The first-order valence-electron chi connectivity index (χ1n) is 6.79. The van der Waals surface area contributed by atoms with Crippen LogP contribution < -0.4 is 5.32 Å². The minimum Gasteiger partial charge on any atom is -0.340 e. The number of amides is 1. The van der Waals surface area contributed by atoms with Crippen LogP contribution in [0.3, 0.4) is 0 Å². The molecule has 1 rings (SSSR count). The number of halogens is 1. The highest BCUT2D eigenvalue weighted by molar-refractivity contribution is 5.85. The summed E-state index contributed by atoms with van der Waals surface area (Å²) < 4.78 is 0. The zero-order chi connectivity index (χ0) is 11.8. The fraction of sp³-hybridized carbons (Fsp3) is 0.923. The summed E-state index contributed by atoms with van der Waals surface area (Å²) in [7, 11) is 0. The summed E-state index contributed by atoms with van der Waals surface area (Å²) in [6.07, 6.45) is 6.19. The first-order valence-corrected chi connectivity index (χ1v) is 6.79. The smallest absolute Gasteiger partial charge is 0.222 e. The molecule has 0 spiro atoms. The molecule has 102 valence electrons. The molecule has 0 saturated carbocycles. The van der Waals surface area contributed by atoms with Gasteiger partial charge in [-0.05, 0) is 38.8 Å². The first-order chi connectivity index (χ1) is 7.79. The number of hydrogen-bond donors (Lipinski definition) is 1. The Morgan fingerprint density at radius 3 is 2.41 bits per heavy atom. The van der Waals surface area contributed by atoms with E-state index in [1.165, 1.54) is 0 Å². The van der Waals surface area contributed by atoms with E-state index in [1.54, 1.807) is 0 Å². The molecular weight excluding hydrogens is 236 g/mol. The molecular formula is C13H27ClN2O. The quantitative estimate of drug-likeness (QED) is 0.798. The maximum absolute atomic E-state index is 12.1. The van der Waals surface area contributed by atoms with Crippen molar-refractivity contribution < 1.29 is 4.79 Å². The van der Waals surface area contributed by atoms with Gasteiger partial charge in [-0.2, -0.15) is 0 Å². The van der Waals surface area contributed by atoms with Gasteiger partial charge in [0.05, 0.1) is 0 Å². The third-order valence-electron chi connectivity index (χ3n) is 3.28. The van der Waals surface area contributed by atoms with E-state index < -0.39 is 0 Å². The lowest BCUT2D eigenvalue weighted by Crippen LogP contribution is -2.46. The van der Waals surface area contributed by atoms with Gasteiger partial charge < -0.3 is 10.2 Å². The van der Waals surface area contributed by atoms with Gasteiger partial charge in [0, 0.05) is 19.0 Å². The predicted octanol–water partition coefficient (Wildman–Crippen LogP) is 2.59. The minimum atomic E-state index is 0. The van der Waals surface area contributed by atoms with Crippen molar-refractivity contribution in [2.45, 2.75) is 58.4 Å². The molecule has 1 aliphatic rings. The van der Waals surface area contributed by atoms with Crippen LogP contribution in [0.2, 0.25) is 0 Å². The zero-order valence-corrected chi connectivity index (χ0v) is 12.0. The summed E-state index contributed by atoms with van der Waals surface area (Å²) in [5, 5.41) is 3.36. The summed E-state index contributed by atoms with van der Waals surface area (Å²) in [6.45, 7) is 7.36. The largest absolute Gasteiger partial charge is 0.340 e. The molecule has 4 heteroatoms. The van der Waals surface area contributed by atoms with Crippen molar-refractivity contribution in [2.24, 2.45) is 0 Å². The van der Waals surface area contributed by atoms with Gasteiger partial charge in [-0.3, -0.25) is 4.79 Å². The minimum absolute atomic E-state index is 0. The van der Waals surface area contributed by atoms with Crippen molar-refractivity contribution in [3.63, 3.8) is 0 Å². The van der Waals surface area contributed by atoms with E-state index in [0.29, 0.717) is 11.9 Å². The van der Waals surface area contributed by atoms with Gasteiger partial charge >= 0.3 is 0 Å². The van der Waals surface area contributed by atoms with E-state index in [1.807, 2.05) is 0 Å². The second kappa shape index (κ2) is 9.72. The second-order valence-corrected chi connectivity index (χ2v) is 4.67. The van der Waals surface area contributed by atoms with Gasteiger partial charge in [-0.25, -0.2) is 0 Å². The zero-order valence-electron chi connectivity index (χ0n) is 11.2. The number of nitrogens with one attached hydrogen (secondary N) is 1. The Balaban J connectivity index is 0.00000256. The van der Waals surface area contributed by atoms with Crippen molar-refractivity contribution in [3.05, 3.63) is 0 Å². The van der Waals surface area contributed by atoms with E-state index in [4.69, 9.17) is 0 Å². The summed E-state index contributed by atoms with van der Waals surface area (Å²) in [6, 6.07) is 0.491. The van der Waals surface area contributed by atoms with Crippen molar-refractivity contribution in [3.8, 4) is 0 Å². The molecule has 1 heterocycles. The van der Waals surface area contributed by atoms with Gasteiger partial charge in [0.25, 0.3) is 0 Å². The van der Waals surface area contributed by atoms with Crippen LogP contribution in [-0.4, -0.2) is 36.5 Å². The lowest BCUT2D eigenvalue weighted by molar-refractivity contribution is -0.134. The van der Waals surface area contributed by atoms with Crippen LogP contribution in [0, 0.1) is 0 Å². The molecule has 0 aliphatic carbocycles. The third kappa shape index (κ3) is 5.73. The third-order valence-corrected chi connectivity index (χ3v) is 3.28. The average molecular weight is 263 g/mol. The van der Waals surface area contributed by atoms with Crippen molar-refractivity contribution in [1.29, 1.82) is 0 Å². The first kappa shape index (κ1) is 16.7. The number of unbranched alkanes of at least 4 members (excludes halogenated alkanes) is 1. The highest BCUT2D eigenvalue weighted by Gasteiger charge is 2.23. The lowest BCUT2D eigenvalue weighted by Gasteiger charge is -2.34. The standard InChI is InChI=1S/C13H26N2O.ClH/c1-3-5-6-13(16)15(11-4-2)12-7-9-14-10-8-12;/h12,14H,3-11H2,1-2H3;1H. The Morgan fingerprint density at radius 2 is 1.88 bits per heavy atom. The molecule has 3 nitrogen and oxygen atoms in total. The van der Waals surface area contributed by atoms with Gasteiger partial charge in [-0.15, -0.1) is 12.4 Å². The van der Waals surface area contributed by atoms with E-state index in [0.717, 1.165) is 58.2 Å². The van der Waals surface area contributed by atoms with Crippen LogP contribution in [0.5, 0.6) is 0 Å². The molecule has 0 aromatic carbocycles. The molecule has 0 unspecified atom stereocenters. The second-order valence-electron chi connectivity index (χ2n) is 4.67. The molecule has 0 aromatic heterocycles. The Morgan fingerprint density at radius 1 is 1.24 bits per heavy atom. The number of carbonyl (C=O) groups excluding carboxylic acids is 1. The monoisotopic (exact) mass is 262 g/mol. The van der Waals surface area contributed by atoms with Crippen molar-refractivity contribution >= 4 is 18.3 Å². The van der Waals surface area contributed by atoms with Crippen LogP contribution in [0.25, 0.3) is 0 Å². The van der Waals surface area contributed by atoms with Gasteiger partial charge in [-0.1, -0.05) is 20.3 Å². The normalized spacial score (nSPS) is 16.4. The molecule has 0 aromatic rings. The maximum Gasteiger partial charge on any atom is 0.222 e. The van der Waals surface area contributed by atoms with Crippen molar-refractivity contribution in [1.82, 2.24) is 10.2 Å². The van der Waals surface area contributed by atoms with Crippen LogP contribution in [0.4, 0.5) is 0 Å². The number of hydrogen-bond acceptors (Lipinski definition) is 2. The Bertz CT molecular complexity index is 206. The van der Waals surface area contributed by atoms with E-state index in [-0.39, 0.29) is 12.4 Å². The van der Waals surface area contributed by atoms with Crippen LogP contribution in [0.15, 0.2) is 0 Å². The van der Waals surface area contributed by atoms with E-state index in [9.17, 15) is 4.79 Å². The highest BCUT2D eigenvalue weighted by atomic mass is 35.5. The Labute approximate surface area is 112 Å². The summed E-state index contributed by atoms with van der Waals surface area (Å²) in [5.41, 5.74) is 0. The van der Waals surface area contributed by atoms with Crippen LogP contribution in [-0.2, 0) is 4.79 Å². The fourth-order valence-electron chi connectivity index (χ4n) is 2.34. The SMILES string of the molecule is CCCCC(=O)N(CCC)C1CCNCC1.Cl.